The van der Waals surface area contributed by atoms with Crippen molar-refractivity contribution in [3.05, 3.63) is 29.5 Å². The minimum atomic E-state index is -0.601. The number of rotatable bonds is 1. The minimum Gasteiger partial charge on any atom is -0.481 e. The van der Waals surface area contributed by atoms with Crippen LogP contribution in [0.3, 0.4) is 0 Å². The molecule has 0 radical (unpaired) electrons. The maximum absolute atomic E-state index is 11.7. The zero-order valence-electron chi connectivity index (χ0n) is 13.6. The van der Waals surface area contributed by atoms with Crippen LogP contribution in [0.1, 0.15) is 52.4 Å². The van der Waals surface area contributed by atoms with Crippen LogP contribution in [0.5, 0.6) is 0 Å². The average molecular weight is 298 g/mol. The van der Waals surface area contributed by atoms with Gasteiger partial charge in [0.05, 0.1) is 5.92 Å². The first kappa shape index (κ1) is 14.3. The molecule has 0 aromatic carbocycles. The van der Waals surface area contributed by atoms with Crippen LogP contribution in [-0.2, 0) is 4.79 Å². The Hall–Kier alpha value is -1.27. The molecule has 0 bridgehead atoms. The third-order valence-corrected chi connectivity index (χ3v) is 7.49. The van der Waals surface area contributed by atoms with Crippen LogP contribution in [-0.4, -0.2) is 11.1 Å². The molecule has 2 saturated carbocycles. The maximum atomic E-state index is 11.7. The largest absolute Gasteiger partial charge is 0.481 e. The summed E-state index contributed by atoms with van der Waals surface area (Å²) in [5.74, 6) is 1.01. The number of aliphatic carboxylic acids is 1. The van der Waals surface area contributed by atoms with Crippen LogP contribution in [0.4, 0.5) is 0 Å². The van der Waals surface area contributed by atoms with Gasteiger partial charge in [0, 0.05) is 10.8 Å². The van der Waals surface area contributed by atoms with E-state index in [4.69, 9.17) is 0 Å². The lowest BCUT2D eigenvalue weighted by Crippen LogP contribution is -2.47. The number of fused-ring (bicyclic) bond motifs is 5. The van der Waals surface area contributed by atoms with Crippen molar-refractivity contribution in [2.45, 2.75) is 52.4 Å². The Morgan fingerprint density at radius 3 is 2.91 bits per heavy atom. The second kappa shape index (κ2) is 4.61. The number of carboxylic acids is 1. The second-order valence-electron chi connectivity index (χ2n) is 8.31. The molecule has 22 heavy (non-hydrogen) atoms. The first-order valence-electron chi connectivity index (χ1n) is 8.83. The third-order valence-electron chi connectivity index (χ3n) is 7.49. The van der Waals surface area contributed by atoms with Gasteiger partial charge in [-0.05, 0) is 67.9 Å². The van der Waals surface area contributed by atoms with Crippen molar-refractivity contribution in [1.82, 2.24) is 0 Å². The molecule has 0 aromatic rings. The molecule has 4 aliphatic carbocycles. The van der Waals surface area contributed by atoms with Gasteiger partial charge in [-0.3, -0.25) is 4.79 Å². The van der Waals surface area contributed by atoms with E-state index in [1.54, 1.807) is 0 Å². The number of carbonyl (C=O) groups is 1. The van der Waals surface area contributed by atoms with Gasteiger partial charge in [-0.25, -0.2) is 0 Å². The molecule has 118 valence electrons. The number of hydrogen-bond acceptors (Lipinski definition) is 1. The lowest BCUT2D eigenvalue weighted by Gasteiger charge is -2.54. The predicted molar refractivity (Wildman–Crippen MR) is 86.2 cm³/mol. The molecule has 2 fully saturated rings. The smallest absolute Gasteiger partial charge is 0.307 e. The molecule has 1 N–H and O–H groups in total. The van der Waals surface area contributed by atoms with Crippen molar-refractivity contribution in [3.8, 4) is 0 Å². The van der Waals surface area contributed by atoms with Crippen LogP contribution in [0.15, 0.2) is 29.5 Å². The molecule has 0 aliphatic heterocycles. The van der Waals surface area contributed by atoms with E-state index in [-0.39, 0.29) is 16.7 Å². The van der Waals surface area contributed by atoms with Crippen molar-refractivity contribution in [3.63, 3.8) is 0 Å². The highest BCUT2D eigenvalue weighted by atomic mass is 16.4. The highest BCUT2D eigenvalue weighted by Crippen LogP contribution is 2.63. The summed E-state index contributed by atoms with van der Waals surface area (Å²) in [6.07, 6.45) is 13.6. The van der Waals surface area contributed by atoms with E-state index in [0.29, 0.717) is 17.8 Å². The third kappa shape index (κ3) is 1.71. The van der Waals surface area contributed by atoms with Crippen molar-refractivity contribution >= 4 is 5.97 Å². The molecule has 0 aromatic heterocycles. The van der Waals surface area contributed by atoms with Gasteiger partial charge in [-0.2, -0.15) is 0 Å². The van der Waals surface area contributed by atoms with Gasteiger partial charge >= 0.3 is 5.97 Å². The highest BCUT2D eigenvalue weighted by molar-refractivity contribution is 5.72. The molecule has 0 amide bonds. The lowest BCUT2D eigenvalue weighted by molar-refractivity contribution is -0.145. The van der Waals surface area contributed by atoms with E-state index >= 15 is 0 Å². The summed E-state index contributed by atoms with van der Waals surface area (Å²) in [6.45, 7) is 4.63. The van der Waals surface area contributed by atoms with E-state index in [0.717, 1.165) is 25.7 Å². The van der Waals surface area contributed by atoms with Gasteiger partial charge in [0.15, 0.2) is 0 Å². The summed E-state index contributed by atoms with van der Waals surface area (Å²) in [7, 11) is 0. The Labute approximate surface area is 133 Å². The van der Waals surface area contributed by atoms with Gasteiger partial charge in [0.1, 0.15) is 0 Å². The first-order valence-corrected chi connectivity index (χ1v) is 8.83. The average Bonchev–Trinajstić information content (AvgIpc) is 2.84. The van der Waals surface area contributed by atoms with Gasteiger partial charge in [-0.15, -0.1) is 5.73 Å². The molecule has 0 saturated heterocycles. The molecule has 4 aliphatic rings. The fourth-order valence-corrected chi connectivity index (χ4v) is 6.22. The molecule has 0 spiro atoms. The Kier molecular flexibility index (Phi) is 3.01. The number of carboxylic acid groups (broad SMARTS) is 1. The number of hydrogen-bond donors (Lipinski definition) is 1. The summed E-state index contributed by atoms with van der Waals surface area (Å²) in [5.41, 5.74) is 5.20. The molecular formula is C20H26O2. The van der Waals surface area contributed by atoms with E-state index in [1.165, 1.54) is 18.4 Å². The Morgan fingerprint density at radius 1 is 1.32 bits per heavy atom. The Bertz CT molecular complexity index is 609. The topological polar surface area (TPSA) is 37.3 Å². The maximum Gasteiger partial charge on any atom is 0.307 e. The zero-order chi connectivity index (χ0) is 15.5. The molecule has 0 heterocycles. The van der Waals surface area contributed by atoms with E-state index in [2.05, 4.69) is 37.8 Å². The monoisotopic (exact) mass is 298 g/mol. The number of allylic oxidation sites excluding steroid dienone is 3. The SMILES string of the molecule is C[C@]12CCC=C=C1CC[C@@H]1[C@H]2C=C[C@]2(C)C(C(=O)O)CC[C@@H]12. The van der Waals surface area contributed by atoms with Crippen LogP contribution in [0.2, 0.25) is 0 Å². The van der Waals surface area contributed by atoms with Crippen LogP contribution in [0, 0.1) is 34.5 Å². The fraction of sp³-hybridized carbons (Fsp3) is 0.700. The van der Waals surface area contributed by atoms with Crippen LogP contribution >= 0.6 is 0 Å². The van der Waals surface area contributed by atoms with Crippen LogP contribution < -0.4 is 0 Å². The van der Waals surface area contributed by atoms with Gasteiger partial charge in [-0.1, -0.05) is 26.0 Å². The van der Waals surface area contributed by atoms with Crippen molar-refractivity contribution in [1.29, 1.82) is 0 Å². The van der Waals surface area contributed by atoms with Gasteiger partial charge in [0.25, 0.3) is 0 Å². The normalized spacial score (nSPS) is 49.1. The van der Waals surface area contributed by atoms with Crippen molar-refractivity contribution < 1.29 is 9.90 Å². The fourth-order valence-electron chi connectivity index (χ4n) is 6.22. The Balaban J connectivity index is 1.76. The Morgan fingerprint density at radius 2 is 2.14 bits per heavy atom. The standard InChI is InChI=1S/C20H26O2/c1-19-11-4-3-5-13(19)6-7-14-15-8-9-17(18(21)22)20(15,2)12-10-16(14)19/h3,10,12,14-17H,4,6-9,11H2,1-2H3,(H,21,22)/t14-,15-,16+,17?,19-,20-/m0/s1. The van der Waals surface area contributed by atoms with E-state index < -0.39 is 5.97 Å². The summed E-state index contributed by atoms with van der Waals surface area (Å²) in [5, 5.41) is 9.60. The molecular weight excluding hydrogens is 272 g/mol. The van der Waals surface area contributed by atoms with Crippen molar-refractivity contribution in [2.75, 3.05) is 0 Å². The van der Waals surface area contributed by atoms with E-state index in [9.17, 15) is 9.90 Å². The predicted octanol–water partition coefficient (Wildman–Crippen LogP) is 4.58. The molecule has 2 heteroatoms. The van der Waals surface area contributed by atoms with Gasteiger partial charge in [0.2, 0.25) is 0 Å². The summed E-state index contributed by atoms with van der Waals surface area (Å²) in [6, 6.07) is 0. The second-order valence-corrected chi connectivity index (χ2v) is 8.31. The van der Waals surface area contributed by atoms with Crippen molar-refractivity contribution in [2.24, 2.45) is 34.5 Å². The van der Waals surface area contributed by atoms with E-state index in [1.807, 2.05) is 0 Å². The molecule has 4 rings (SSSR count). The molecule has 2 nitrogen and oxygen atoms in total. The summed E-state index contributed by atoms with van der Waals surface area (Å²) >= 11 is 0. The summed E-state index contributed by atoms with van der Waals surface area (Å²) in [4.78, 5) is 11.7. The van der Waals surface area contributed by atoms with Crippen LogP contribution in [0.25, 0.3) is 0 Å². The lowest BCUT2D eigenvalue weighted by atomic mass is 9.50. The summed E-state index contributed by atoms with van der Waals surface area (Å²) < 4.78 is 0. The quantitative estimate of drug-likeness (QED) is 0.568. The zero-order valence-corrected chi connectivity index (χ0v) is 13.6. The first-order chi connectivity index (χ1) is 10.5. The molecule has 1 unspecified atom stereocenters. The highest BCUT2D eigenvalue weighted by Gasteiger charge is 2.58. The molecule has 6 atom stereocenters. The minimum absolute atomic E-state index is 0.130. The van der Waals surface area contributed by atoms with Gasteiger partial charge < -0.3 is 5.11 Å².